The Bertz CT molecular complexity index is 428. The summed E-state index contributed by atoms with van der Waals surface area (Å²) in [7, 11) is -0.892. The van der Waals surface area contributed by atoms with Crippen molar-refractivity contribution < 1.29 is 8.42 Å². The van der Waals surface area contributed by atoms with E-state index in [4.69, 9.17) is 0 Å². The van der Waals surface area contributed by atoms with Crippen LogP contribution in [0, 0.1) is 0 Å². The summed E-state index contributed by atoms with van der Waals surface area (Å²) < 4.78 is 22.8. The van der Waals surface area contributed by atoms with E-state index in [1.807, 2.05) is 25.2 Å². The van der Waals surface area contributed by atoms with E-state index < -0.39 is 9.84 Å². The molecule has 0 heterocycles. The van der Waals surface area contributed by atoms with Crippen molar-refractivity contribution in [2.45, 2.75) is 32.2 Å². The standard InChI is InChI=1S/C14H23NO2S/c1-3-18(16,17)11-7-10-14(15-2)12-13-8-5-4-6-9-13/h4-6,8-9,14-15H,3,7,10-12H2,1-2H3. The lowest BCUT2D eigenvalue weighted by molar-refractivity contribution is 0.511. The average Bonchev–Trinajstić information content (AvgIpc) is 2.38. The van der Waals surface area contributed by atoms with E-state index in [1.54, 1.807) is 6.92 Å². The third-order valence-corrected chi connectivity index (χ3v) is 4.97. The molecule has 0 aromatic heterocycles. The van der Waals surface area contributed by atoms with Crippen molar-refractivity contribution in [2.75, 3.05) is 18.6 Å². The maximum Gasteiger partial charge on any atom is 0.150 e. The van der Waals surface area contributed by atoms with Gasteiger partial charge in [-0.05, 0) is 31.9 Å². The molecule has 0 bridgehead atoms. The van der Waals surface area contributed by atoms with Crippen LogP contribution in [0.3, 0.4) is 0 Å². The minimum absolute atomic E-state index is 0.246. The number of likely N-dealkylation sites (N-methyl/N-ethyl adjacent to an activating group) is 1. The molecule has 102 valence electrons. The van der Waals surface area contributed by atoms with Crippen molar-refractivity contribution in [3.05, 3.63) is 35.9 Å². The number of nitrogens with one attached hydrogen (secondary N) is 1. The van der Waals surface area contributed by atoms with Gasteiger partial charge >= 0.3 is 0 Å². The van der Waals surface area contributed by atoms with E-state index >= 15 is 0 Å². The Morgan fingerprint density at radius 3 is 2.44 bits per heavy atom. The van der Waals surface area contributed by atoms with Crippen LogP contribution in [0.2, 0.25) is 0 Å². The van der Waals surface area contributed by atoms with Gasteiger partial charge in [0, 0.05) is 11.8 Å². The molecular formula is C14H23NO2S. The number of benzene rings is 1. The topological polar surface area (TPSA) is 46.2 Å². The molecule has 1 N–H and O–H groups in total. The Hall–Kier alpha value is -0.870. The maximum atomic E-state index is 11.4. The molecule has 1 unspecified atom stereocenters. The fourth-order valence-corrected chi connectivity index (χ4v) is 2.84. The van der Waals surface area contributed by atoms with Crippen molar-refractivity contribution in [2.24, 2.45) is 0 Å². The molecule has 1 aromatic rings. The van der Waals surface area contributed by atoms with E-state index in [1.165, 1.54) is 5.56 Å². The number of sulfone groups is 1. The van der Waals surface area contributed by atoms with E-state index in [-0.39, 0.29) is 5.75 Å². The van der Waals surface area contributed by atoms with E-state index in [2.05, 4.69) is 17.4 Å². The minimum Gasteiger partial charge on any atom is -0.317 e. The van der Waals surface area contributed by atoms with Gasteiger partial charge in [0.1, 0.15) is 9.84 Å². The van der Waals surface area contributed by atoms with Crippen LogP contribution in [0.5, 0.6) is 0 Å². The van der Waals surface area contributed by atoms with Gasteiger partial charge in [0.25, 0.3) is 0 Å². The summed E-state index contributed by atoms with van der Waals surface area (Å²) >= 11 is 0. The van der Waals surface area contributed by atoms with Gasteiger partial charge in [0.15, 0.2) is 0 Å². The lowest BCUT2D eigenvalue weighted by atomic mass is 10.0. The second-order valence-corrected chi connectivity index (χ2v) is 7.03. The molecule has 0 amide bonds. The first kappa shape index (κ1) is 15.2. The van der Waals surface area contributed by atoms with E-state index in [0.29, 0.717) is 11.8 Å². The Kier molecular flexibility index (Phi) is 6.36. The highest BCUT2D eigenvalue weighted by Crippen LogP contribution is 2.08. The molecule has 18 heavy (non-hydrogen) atoms. The highest BCUT2D eigenvalue weighted by atomic mass is 32.2. The zero-order chi connectivity index (χ0) is 13.4. The summed E-state index contributed by atoms with van der Waals surface area (Å²) in [5.41, 5.74) is 1.29. The van der Waals surface area contributed by atoms with Gasteiger partial charge in [0.2, 0.25) is 0 Å². The molecular weight excluding hydrogens is 246 g/mol. The third-order valence-electron chi connectivity index (χ3n) is 3.18. The van der Waals surface area contributed by atoms with Gasteiger partial charge in [-0.2, -0.15) is 0 Å². The molecule has 0 aliphatic heterocycles. The summed E-state index contributed by atoms with van der Waals surface area (Å²) in [4.78, 5) is 0. The molecule has 1 rings (SSSR count). The van der Waals surface area contributed by atoms with Crippen LogP contribution in [0.15, 0.2) is 30.3 Å². The molecule has 0 saturated heterocycles. The fraction of sp³-hybridized carbons (Fsp3) is 0.571. The van der Waals surface area contributed by atoms with E-state index in [9.17, 15) is 8.42 Å². The predicted molar refractivity (Wildman–Crippen MR) is 76.6 cm³/mol. The molecule has 3 nitrogen and oxygen atoms in total. The van der Waals surface area contributed by atoms with Gasteiger partial charge in [-0.1, -0.05) is 37.3 Å². The molecule has 0 aliphatic carbocycles. The van der Waals surface area contributed by atoms with Gasteiger partial charge in [0.05, 0.1) is 5.75 Å². The van der Waals surface area contributed by atoms with Crippen LogP contribution < -0.4 is 5.32 Å². The van der Waals surface area contributed by atoms with Crippen LogP contribution in [-0.2, 0) is 16.3 Å². The van der Waals surface area contributed by atoms with Gasteiger partial charge in [-0.15, -0.1) is 0 Å². The van der Waals surface area contributed by atoms with Crippen LogP contribution in [0.25, 0.3) is 0 Å². The zero-order valence-electron chi connectivity index (χ0n) is 11.2. The van der Waals surface area contributed by atoms with Crippen LogP contribution in [0.1, 0.15) is 25.3 Å². The summed E-state index contributed by atoms with van der Waals surface area (Å²) in [6.45, 7) is 1.70. The van der Waals surface area contributed by atoms with Gasteiger partial charge in [-0.25, -0.2) is 8.42 Å². The Balaban J connectivity index is 2.39. The van der Waals surface area contributed by atoms with Gasteiger partial charge in [-0.3, -0.25) is 0 Å². The molecule has 0 saturated carbocycles. The second-order valence-electron chi connectivity index (χ2n) is 4.55. The average molecular weight is 269 g/mol. The lowest BCUT2D eigenvalue weighted by Gasteiger charge is -2.16. The summed E-state index contributed by atoms with van der Waals surface area (Å²) in [5, 5.41) is 3.26. The first-order valence-corrected chi connectivity index (χ1v) is 8.31. The summed E-state index contributed by atoms with van der Waals surface area (Å²) in [6, 6.07) is 10.6. The van der Waals surface area contributed by atoms with Crippen LogP contribution in [-0.4, -0.2) is 33.0 Å². The maximum absolute atomic E-state index is 11.4. The molecule has 1 aromatic carbocycles. The normalized spacial score (nSPS) is 13.4. The van der Waals surface area contributed by atoms with Gasteiger partial charge < -0.3 is 5.32 Å². The number of hydrogen-bond acceptors (Lipinski definition) is 3. The largest absolute Gasteiger partial charge is 0.317 e. The van der Waals surface area contributed by atoms with Crippen LogP contribution in [0.4, 0.5) is 0 Å². The first-order chi connectivity index (χ1) is 8.57. The van der Waals surface area contributed by atoms with Crippen LogP contribution >= 0.6 is 0 Å². The van der Waals surface area contributed by atoms with Crippen molar-refractivity contribution in [1.29, 1.82) is 0 Å². The van der Waals surface area contributed by atoms with Crippen molar-refractivity contribution in [1.82, 2.24) is 5.32 Å². The third kappa shape index (κ3) is 5.65. The second kappa shape index (κ2) is 7.54. The predicted octanol–water partition coefficient (Wildman–Crippen LogP) is 2.03. The Labute approximate surface area is 111 Å². The molecule has 1 atom stereocenters. The van der Waals surface area contributed by atoms with Crippen molar-refractivity contribution >= 4 is 9.84 Å². The monoisotopic (exact) mass is 269 g/mol. The minimum atomic E-state index is -2.82. The Morgan fingerprint density at radius 2 is 1.89 bits per heavy atom. The lowest BCUT2D eigenvalue weighted by Crippen LogP contribution is -2.28. The zero-order valence-corrected chi connectivity index (χ0v) is 12.0. The highest BCUT2D eigenvalue weighted by Gasteiger charge is 2.11. The SMILES string of the molecule is CCS(=O)(=O)CCCC(Cc1ccccc1)NC. The Morgan fingerprint density at radius 1 is 1.22 bits per heavy atom. The molecule has 4 heteroatoms. The van der Waals surface area contributed by atoms with E-state index in [0.717, 1.165) is 19.3 Å². The molecule has 0 aliphatic rings. The first-order valence-electron chi connectivity index (χ1n) is 6.49. The molecule has 0 radical (unpaired) electrons. The summed E-state index contributed by atoms with van der Waals surface area (Å²) in [6.07, 6.45) is 2.57. The molecule has 0 fully saturated rings. The quantitative estimate of drug-likeness (QED) is 0.785. The smallest absolute Gasteiger partial charge is 0.150 e. The number of hydrogen-bond donors (Lipinski definition) is 1. The highest BCUT2D eigenvalue weighted by molar-refractivity contribution is 7.91. The molecule has 0 spiro atoms. The summed E-state index contributed by atoms with van der Waals surface area (Å²) in [5.74, 6) is 0.548. The van der Waals surface area contributed by atoms with Crippen molar-refractivity contribution in [3.63, 3.8) is 0 Å². The van der Waals surface area contributed by atoms with Crippen molar-refractivity contribution in [3.8, 4) is 0 Å². The number of rotatable bonds is 8. The fourth-order valence-electron chi connectivity index (χ4n) is 1.94.